The monoisotopic (exact) mass is 374 g/mol. The SMILES string of the molecule is O=S(=O)(Nc1ccc(Nc2ccccc2)cc1)c1ccc2ccccc2c1. The van der Waals surface area contributed by atoms with E-state index < -0.39 is 10.0 Å². The van der Waals surface area contributed by atoms with Gasteiger partial charge in [-0.3, -0.25) is 4.72 Å². The Balaban J connectivity index is 1.53. The molecule has 0 aliphatic heterocycles. The maximum absolute atomic E-state index is 12.7. The van der Waals surface area contributed by atoms with Crippen LogP contribution in [-0.2, 0) is 10.0 Å². The second kappa shape index (κ2) is 7.13. The van der Waals surface area contributed by atoms with E-state index in [0.29, 0.717) is 5.69 Å². The molecule has 27 heavy (non-hydrogen) atoms. The summed E-state index contributed by atoms with van der Waals surface area (Å²) in [5.41, 5.74) is 2.37. The van der Waals surface area contributed by atoms with E-state index in [1.54, 1.807) is 24.3 Å². The Morgan fingerprint density at radius 2 is 1.15 bits per heavy atom. The molecule has 5 heteroatoms. The molecule has 0 saturated heterocycles. The quantitative estimate of drug-likeness (QED) is 0.493. The molecule has 4 nitrogen and oxygen atoms in total. The van der Waals surface area contributed by atoms with E-state index in [1.165, 1.54) is 0 Å². The van der Waals surface area contributed by atoms with Crippen LogP contribution < -0.4 is 10.0 Å². The Morgan fingerprint density at radius 1 is 0.556 bits per heavy atom. The summed E-state index contributed by atoms with van der Waals surface area (Å²) in [5, 5.41) is 5.17. The fourth-order valence-electron chi connectivity index (χ4n) is 2.86. The lowest BCUT2D eigenvalue weighted by molar-refractivity contribution is 0.601. The first kappa shape index (κ1) is 17.1. The summed E-state index contributed by atoms with van der Waals surface area (Å²) >= 11 is 0. The number of fused-ring (bicyclic) bond motifs is 1. The van der Waals surface area contributed by atoms with Crippen LogP contribution in [0.2, 0.25) is 0 Å². The number of hydrogen-bond donors (Lipinski definition) is 2. The number of nitrogens with one attached hydrogen (secondary N) is 2. The molecule has 0 spiro atoms. The molecular weight excluding hydrogens is 356 g/mol. The second-order valence-electron chi connectivity index (χ2n) is 6.18. The summed E-state index contributed by atoms with van der Waals surface area (Å²) in [6, 6.07) is 29.8. The number of anilines is 3. The minimum atomic E-state index is -3.65. The lowest BCUT2D eigenvalue weighted by Crippen LogP contribution is -2.12. The number of benzene rings is 4. The van der Waals surface area contributed by atoms with Crippen molar-refractivity contribution in [1.82, 2.24) is 0 Å². The highest BCUT2D eigenvalue weighted by Gasteiger charge is 2.14. The highest BCUT2D eigenvalue weighted by Crippen LogP contribution is 2.23. The van der Waals surface area contributed by atoms with Crippen molar-refractivity contribution in [2.75, 3.05) is 10.0 Å². The van der Waals surface area contributed by atoms with Crippen molar-refractivity contribution in [2.24, 2.45) is 0 Å². The normalized spacial score (nSPS) is 11.3. The van der Waals surface area contributed by atoms with Gasteiger partial charge < -0.3 is 5.32 Å². The van der Waals surface area contributed by atoms with Crippen molar-refractivity contribution in [3.8, 4) is 0 Å². The molecule has 0 radical (unpaired) electrons. The third kappa shape index (κ3) is 3.93. The molecule has 0 saturated carbocycles. The molecule has 0 aliphatic carbocycles. The van der Waals surface area contributed by atoms with Gasteiger partial charge in [0.15, 0.2) is 0 Å². The van der Waals surface area contributed by atoms with Gasteiger partial charge in [-0.15, -0.1) is 0 Å². The highest BCUT2D eigenvalue weighted by molar-refractivity contribution is 7.92. The Hall–Kier alpha value is -3.31. The summed E-state index contributed by atoms with van der Waals surface area (Å²) in [6.07, 6.45) is 0. The number of hydrogen-bond acceptors (Lipinski definition) is 3. The number of para-hydroxylation sites is 1. The Morgan fingerprint density at radius 3 is 1.89 bits per heavy atom. The molecule has 0 amide bonds. The summed E-state index contributed by atoms with van der Waals surface area (Å²) in [7, 11) is -3.65. The van der Waals surface area contributed by atoms with Crippen molar-refractivity contribution in [2.45, 2.75) is 4.90 Å². The van der Waals surface area contributed by atoms with Crippen LogP contribution in [0.3, 0.4) is 0 Å². The van der Waals surface area contributed by atoms with E-state index >= 15 is 0 Å². The van der Waals surface area contributed by atoms with Crippen LogP contribution in [0, 0.1) is 0 Å². The first-order valence-electron chi connectivity index (χ1n) is 8.54. The average Bonchev–Trinajstić information content (AvgIpc) is 2.70. The molecule has 4 rings (SSSR count). The van der Waals surface area contributed by atoms with Crippen molar-refractivity contribution in [3.63, 3.8) is 0 Å². The van der Waals surface area contributed by atoms with Gasteiger partial charge in [-0.1, -0.05) is 48.5 Å². The zero-order valence-corrected chi connectivity index (χ0v) is 15.3. The van der Waals surface area contributed by atoms with Gasteiger partial charge in [-0.25, -0.2) is 8.42 Å². The van der Waals surface area contributed by atoms with Gasteiger partial charge in [0.05, 0.1) is 4.90 Å². The number of sulfonamides is 1. The highest BCUT2D eigenvalue weighted by atomic mass is 32.2. The van der Waals surface area contributed by atoms with Crippen LogP contribution in [-0.4, -0.2) is 8.42 Å². The summed E-state index contributed by atoms with van der Waals surface area (Å²) in [5.74, 6) is 0. The molecule has 0 heterocycles. The lowest BCUT2D eigenvalue weighted by Gasteiger charge is -2.11. The van der Waals surface area contributed by atoms with E-state index in [4.69, 9.17) is 0 Å². The molecule has 2 N–H and O–H groups in total. The molecule has 4 aromatic carbocycles. The van der Waals surface area contributed by atoms with E-state index in [0.717, 1.165) is 22.1 Å². The van der Waals surface area contributed by atoms with Gasteiger partial charge in [-0.05, 0) is 59.3 Å². The molecule has 4 aromatic rings. The lowest BCUT2D eigenvalue weighted by atomic mass is 10.1. The van der Waals surface area contributed by atoms with Gasteiger partial charge in [-0.2, -0.15) is 0 Å². The fourth-order valence-corrected chi connectivity index (χ4v) is 3.95. The molecule has 134 valence electrons. The first-order chi connectivity index (χ1) is 13.1. The van der Waals surface area contributed by atoms with Crippen LogP contribution in [0.25, 0.3) is 10.8 Å². The minimum Gasteiger partial charge on any atom is -0.356 e. The second-order valence-corrected chi connectivity index (χ2v) is 7.87. The largest absolute Gasteiger partial charge is 0.356 e. The van der Waals surface area contributed by atoms with Gasteiger partial charge >= 0.3 is 0 Å². The van der Waals surface area contributed by atoms with E-state index in [-0.39, 0.29) is 4.90 Å². The van der Waals surface area contributed by atoms with Gasteiger partial charge in [0.25, 0.3) is 10.0 Å². The van der Waals surface area contributed by atoms with E-state index in [9.17, 15) is 8.42 Å². The van der Waals surface area contributed by atoms with Crippen LogP contribution >= 0.6 is 0 Å². The smallest absolute Gasteiger partial charge is 0.261 e. The summed E-state index contributed by atoms with van der Waals surface area (Å²) in [6.45, 7) is 0. The Bertz CT molecular complexity index is 1170. The minimum absolute atomic E-state index is 0.243. The van der Waals surface area contributed by atoms with Crippen molar-refractivity contribution >= 4 is 37.9 Å². The summed E-state index contributed by atoms with van der Waals surface area (Å²) < 4.78 is 28.0. The van der Waals surface area contributed by atoms with E-state index in [2.05, 4.69) is 10.0 Å². The Labute approximate surface area is 158 Å². The van der Waals surface area contributed by atoms with E-state index in [1.807, 2.05) is 72.8 Å². The average molecular weight is 374 g/mol. The van der Waals surface area contributed by atoms with Crippen molar-refractivity contribution in [3.05, 3.63) is 97.1 Å². The summed E-state index contributed by atoms with van der Waals surface area (Å²) in [4.78, 5) is 0.243. The zero-order valence-electron chi connectivity index (χ0n) is 14.5. The predicted octanol–water partition coefficient (Wildman–Crippen LogP) is 5.38. The molecule has 0 bridgehead atoms. The molecule has 0 aromatic heterocycles. The number of rotatable bonds is 5. The maximum atomic E-state index is 12.7. The third-order valence-electron chi connectivity index (χ3n) is 4.23. The Kier molecular flexibility index (Phi) is 4.52. The van der Waals surface area contributed by atoms with Gasteiger partial charge in [0.1, 0.15) is 0 Å². The van der Waals surface area contributed by atoms with Crippen LogP contribution in [0.15, 0.2) is 102 Å². The molecule has 0 aliphatic rings. The van der Waals surface area contributed by atoms with Crippen LogP contribution in [0.4, 0.5) is 17.1 Å². The van der Waals surface area contributed by atoms with Crippen molar-refractivity contribution in [1.29, 1.82) is 0 Å². The third-order valence-corrected chi connectivity index (χ3v) is 5.61. The van der Waals surface area contributed by atoms with Crippen molar-refractivity contribution < 1.29 is 8.42 Å². The molecule has 0 unspecified atom stereocenters. The maximum Gasteiger partial charge on any atom is 0.261 e. The van der Waals surface area contributed by atoms with Crippen LogP contribution in [0.5, 0.6) is 0 Å². The van der Waals surface area contributed by atoms with Gasteiger partial charge in [0, 0.05) is 17.1 Å². The molecule has 0 atom stereocenters. The standard InChI is InChI=1S/C22H18N2O2S/c25-27(26,22-15-10-17-6-4-5-7-18(17)16-22)24-21-13-11-20(12-14-21)23-19-8-2-1-3-9-19/h1-16,23-24H. The first-order valence-corrected chi connectivity index (χ1v) is 10.0. The molecule has 0 fully saturated rings. The molecular formula is C22H18N2O2S. The topological polar surface area (TPSA) is 58.2 Å². The zero-order chi connectivity index (χ0) is 18.7. The predicted molar refractivity (Wildman–Crippen MR) is 111 cm³/mol. The fraction of sp³-hybridized carbons (Fsp3) is 0. The van der Waals surface area contributed by atoms with Gasteiger partial charge in [0.2, 0.25) is 0 Å². The van der Waals surface area contributed by atoms with Crippen LogP contribution in [0.1, 0.15) is 0 Å².